The fourth-order valence-electron chi connectivity index (χ4n) is 3.22. The number of ether oxygens (including phenoxy) is 1. The standard InChI is InChI=1S/C18H27FO/c1-3-7-14(8-4-2)15-11-12-17(19)18(13-15)20-16-9-5-6-10-16/h11-14,16H,3-10H2,1-2H3. The van der Waals surface area contributed by atoms with Gasteiger partial charge in [-0.3, -0.25) is 0 Å². The summed E-state index contributed by atoms with van der Waals surface area (Å²) in [6.07, 6.45) is 9.44. The van der Waals surface area contributed by atoms with Crippen LogP contribution in [0.2, 0.25) is 0 Å². The number of hydrogen-bond acceptors (Lipinski definition) is 1. The van der Waals surface area contributed by atoms with Gasteiger partial charge in [-0.05, 0) is 62.1 Å². The molecule has 2 heteroatoms. The predicted molar refractivity (Wildman–Crippen MR) is 81.8 cm³/mol. The van der Waals surface area contributed by atoms with Crippen molar-refractivity contribution in [1.29, 1.82) is 0 Å². The van der Waals surface area contributed by atoms with Crippen LogP contribution in [-0.4, -0.2) is 6.10 Å². The summed E-state index contributed by atoms with van der Waals surface area (Å²) in [7, 11) is 0. The van der Waals surface area contributed by atoms with Gasteiger partial charge in [0.1, 0.15) is 0 Å². The van der Waals surface area contributed by atoms with Crippen LogP contribution in [0.5, 0.6) is 5.75 Å². The van der Waals surface area contributed by atoms with Crippen LogP contribution in [0.3, 0.4) is 0 Å². The van der Waals surface area contributed by atoms with Gasteiger partial charge in [0.2, 0.25) is 0 Å². The summed E-state index contributed by atoms with van der Waals surface area (Å²) in [6, 6.07) is 5.47. The van der Waals surface area contributed by atoms with Crippen LogP contribution in [0.15, 0.2) is 18.2 Å². The Morgan fingerprint density at radius 1 is 1.15 bits per heavy atom. The Balaban J connectivity index is 2.12. The molecule has 0 aromatic heterocycles. The molecule has 0 saturated heterocycles. The highest BCUT2D eigenvalue weighted by molar-refractivity contribution is 5.32. The van der Waals surface area contributed by atoms with Gasteiger partial charge in [0, 0.05) is 0 Å². The van der Waals surface area contributed by atoms with Gasteiger partial charge < -0.3 is 4.74 Å². The highest BCUT2D eigenvalue weighted by atomic mass is 19.1. The molecule has 112 valence electrons. The monoisotopic (exact) mass is 278 g/mol. The molecule has 1 nitrogen and oxygen atoms in total. The molecule has 0 heterocycles. The molecule has 1 aliphatic carbocycles. The zero-order valence-corrected chi connectivity index (χ0v) is 12.8. The molecule has 20 heavy (non-hydrogen) atoms. The normalized spacial score (nSPS) is 16.0. The first kappa shape index (κ1) is 15.3. The molecule has 0 amide bonds. The van der Waals surface area contributed by atoms with Gasteiger partial charge in [-0.1, -0.05) is 32.8 Å². The minimum absolute atomic E-state index is 0.215. The zero-order valence-electron chi connectivity index (χ0n) is 12.8. The van der Waals surface area contributed by atoms with Crippen molar-refractivity contribution in [2.45, 2.75) is 77.2 Å². The van der Waals surface area contributed by atoms with Gasteiger partial charge in [-0.25, -0.2) is 4.39 Å². The molecule has 0 radical (unpaired) electrons. The van der Waals surface area contributed by atoms with Crippen molar-refractivity contribution in [1.82, 2.24) is 0 Å². The Morgan fingerprint density at radius 3 is 2.40 bits per heavy atom. The van der Waals surface area contributed by atoms with Crippen molar-refractivity contribution in [3.8, 4) is 5.75 Å². The summed E-state index contributed by atoms with van der Waals surface area (Å²) in [6.45, 7) is 4.42. The van der Waals surface area contributed by atoms with Crippen LogP contribution in [0.4, 0.5) is 4.39 Å². The molecule has 0 spiro atoms. The highest BCUT2D eigenvalue weighted by Gasteiger charge is 2.19. The molecule has 0 aliphatic heterocycles. The van der Waals surface area contributed by atoms with E-state index in [0.29, 0.717) is 11.7 Å². The first-order valence-corrected chi connectivity index (χ1v) is 8.20. The van der Waals surface area contributed by atoms with E-state index in [1.807, 2.05) is 12.1 Å². The molecule has 0 N–H and O–H groups in total. The molecule has 1 fully saturated rings. The summed E-state index contributed by atoms with van der Waals surface area (Å²) in [5, 5.41) is 0. The van der Waals surface area contributed by atoms with Crippen LogP contribution in [0.1, 0.15) is 76.7 Å². The van der Waals surface area contributed by atoms with Crippen molar-refractivity contribution < 1.29 is 9.13 Å². The summed E-state index contributed by atoms with van der Waals surface area (Å²) in [4.78, 5) is 0. The Morgan fingerprint density at radius 2 is 1.80 bits per heavy atom. The summed E-state index contributed by atoms with van der Waals surface area (Å²) in [5.41, 5.74) is 1.24. The minimum atomic E-state index is -0.215. The van der Waals surface area contributed by atoms with Gasteiger partial charge in [0.05, 0.1) is 6.10 Å². The largest absolute Gasteiger partial charge is 0.487 e. The summed E-state index contributed by atoms with van der Waals surface area (Å²) >= 11 is 0. The van der Waals surface area contributed by atoms with E-state index in [9.17, 15) is 4.39 Å². The Hall–Kier alpha value is -1.05. The fourth-order valence-corrected chi connectivity index (χ4v) is 3.22. The van der Waals surface area contributed by atoms with E-state index in [1.54, 1.807) is 6.07 Å². The number of halogens is 1. The Kier molecular flexibility index (Phi) is 5.87. The van der Waals surface area contributed by atoms with E-state index in [0.717, 1.165) is 12.8 Å². The van der Waals surface area contributed by atoms with E-state index in [-0.39, 0.29) is 11.9 Å². The van der Waals surface area contributed by atoms with E-state index in [2.05, 4.69) is 13.8 Å². The highest BCUT2D eigenvalue weighted by Crippen LogP contribution is 2.32. The third kappa shape index (κ3) is 3.97. The molecule has 1 saturated carbocycles. The number of benzene rings is 1. The van der Waals surface area contributed by atoms with Gasteiger partial charge in [-0.15, -0.1) is 0 Å². The quantitative estimate of drug-likeness (QED) is 0.609. The van der Waals surface area contributed by atoms with E-state index < -0.39 is 0 Å². The first-order valence-electron chi connectivity index (χ1n) is 8.20. The third-order valence-electron chi connectivity index (χ3n) is 4.30. The fraction of sp³-hybridized carbons (Fsp3) is 0.667. The molecule has 2 rings (SSSR count). The van der Waals surface area contributed by atoms with Crippen molar-refractivity contribution in [2.24, 2.45) is 0 Å². The van der Waals surface area contributed by atoms with Crippen molar-refractivity contribution in [3.05, 3.63) is 29.6 Å². The van der Waals surface area contributed by atoms with Crippen LogP contribution in [0, 0.1) is 5.82 Å². The summed E-state index contributed by atoms with van der Waals surface area (Å²) in [5.74, 6) is 0.788. The van der Waals surface area contributed by atoms with E-state index in [1.165, 1.54) is 44.1 Å². The van der Waals surface area contributed by atoms with Crippen LogP contribution < -0.4 is 4.74 Å². The second-order valence-corrected chi connectivity index (χ2v) is 5.99. The van der Waals surface area contributed by atoms with Crippen LogP contribution >= 0.6 is 0 Å². The van der Waals surface area contributed by atoms with Gasteiger partial charge in [-0.2, -0.15) is 0 Å². The minimum Gasteiger partial charge on any atom is -0.487 e. The second-order valence-electron chi connectivity index (χ2n) is 5.99. The molecule has 0 unspecified atom stereocenters. The average molecular weight is 278 g/mol. The maximum absolute atomic E-state index is 13.9. The lowest BCUT2D eigenvalue weighted by Crippen LogP contribution is -2.12. The van der Waals surface area contributed by atoms with Crippen LogP contribution in [-0.2, 0) is 0 Å². The predicted octanol–water partition coefficient (Wildman–Crippen LogP) is 5.83. The molecular formula is C18H27FO. The molecule has 1 aromatic rings. The maximum Gasteiger partial charge on any atom is 0.165 e. The molecule has 0 bridgehead atoms. The second kappa shape index (κ2) is 7.66. The van der Waals surface area contributed by atoms with Crippen molar-refractivity contribution in [3.63, 3.8) is 0 Å². The zero-order chi connectivity index (χ0) is 14.4. The number of hydrogen-bond donors (Lipinski definition) is 0. The average Bonchev–Trinajstić information content (AvgIpc) is 2.94. The Labute approximate surface area is 122 Å². The lowest BCUT2D eigenvalue weighted by Gasteiger charge is -2.19. The molecule has 1 aliphatic rings. The number of rotatable bonds is 7. The topological polar surface area (TPSA) is 9.23 Å². The lowest BCUT2D eigenvalue weighted by molar-refractivity contribution is 0.200. The Bertz CT molecular complexity index is 404. The maximum atomic E-state index is 13.9. The van der Waals surface area contributed by atoms with Crippen LogP contribution in [0.25, 0.3) is 0 Å². The first-order chi connectivity index (χ1) is 9.74. The van der Waals surface area contributed by atoms with Gasteiger partial charge >= 0.3 is 0 Å². The lowest BCUT2D eigenvalue weighted by atomic mass is 9.90. The van der Waals surface area contributed by atoms with Crippen molar-refractivity contribution >= 4 is 0 Å². The molecule has 1 aromatic carbocycles. The van der Waals surface area contributed by atoms with E-state index >= 15 is 0 Å². The molecule has 0 atom stereocenters. The molecular weight excluding hydrogens is 251 g/mol. The van der Waals surface area contributed by atoms with E-state index in [4.69, 9.17) is 4.74 Å². The third-order valence-corrected chi connectivity index (χ3v) is 4.30. The SMILES string of the molecule is CCCC(CCC)c1ccc(F)c(OC2CCCC2)c1. The van der Waals surface area contributed by atoms with Gasteiger partial charge in [0.15, 0.2) is 11.6 Å². The smallest absolute Gasteiger partial charge is 0.165 e. The van der Waals surface area contributed by atoms with Crippen molar-refractivity contribution in [2.75, 3.05) is 0 Å². The van der Waals surface area contributed by atoms with Gasteiger partial charge in [0.25, 0.3) is 0 Å². The summed E-state index contributed by atoms with van der Waals surface area (Å²) < 4.78 is 19.8.